The lowest BCUT2D eigenvalue weighted by atomic mass is 9.86. The first-order valence-electron chi connectivity index (χ1n) is 6.00. The van der Waals surface area contributed by atoms with Crippen LogP contribution in [0.5, 0.6) is 0 Å². The van der Waals surface area contributed by atoms with Crippen LogP contribution in [0.4, 0.5) is 4.39 Å². The predicted octanol–water partition coefficient (Wildman–Crippen LogP) is 2.87. The van der Waals surface area contributed by atoms with E-state index in [9.17, 15) is 9.18 Å². The minimum absolute atomic E-state index is 0.0555. The third-order valence-electron chi connectivity index (χ3n) is 2.80. The van der Waals surface area contributed by atoms with Gasteiger partial charge in [0.15, 0.2) is 0 Å². The Bertz CT molecular complexity index is 359. The maximum atomic E-state index is 12.9. The zero-order chi connectivity index (χ0) is 12.8. The fourth-order valence-electron chi connectivity index (χ4n) is 2.00. The van der Waals surface area contributed by atoms with Crippen molar-refractivity contribution in [3.05, 3.63) is 35.6 Å². The van der Waals surface area contributed by atoms with Gasteiger partial charge in [0.25, 0.3) is 0 Å². The molecule has 0 fully saturated rings. The van der Waals surface area contributed by atoms with E-state index in [4.69, 9.17) is 5.73 Å². The Hall–Kier alpha value is -1.22. The molecule has 0 heterocycles. The molecule has 2 N–H and O–H groups in total. The van der Waals surface area contributed by atoms with Crippen molar-refractivity contribution in [2.24, 2.45) is 11.7 Å². The third kappa shape index (κ3) is 4.65. The molecule has 94 valence electrons. The SMILES string of the molecule is CC(C)CC(CC(=O)CN)c1ccc(F)cc1. The summed E-state index contributed by atoms with van der Waals surface area (Å²) in [6.45, 7) is 4.31. The summed E-state index contributed by atoms with van der Waals surface area (Å²) in [6.07, 6.45) is 1.36. The summed E-state index contributed by atoms with van der Waals surface area (Å²) in [4.78, 5) is 11.4. The fourth-order valence-corrected chi connectivity index (χ4v) is 2.00. The molecule has 0 aliphatic carbocycles. The van der Waals surface area contributed by atoms with Crippen LogP contribution in [0.25, 0.3) is 0 Å². The molecule has 0 saturated carbocycles. The van der Waals surface area contributed by atoms with E-state index in [0.29, 0.717) is 12.3 Å². The molecule has 2 nitrogen and oxygen atoms in total. The third-order valence-corrected chi connectivity index (χ3v) is 2.80. The van der Waals surface area contributed by atoms with Crippen LogP contribution in [0.15, 0.2) is 24.3 Å². The van der Waals surface area contributed by atoms with E-state index in [-0.39, 0.29) is 24.1 Å². The summed E-state index contributed by atoms with van der Waals surface area (Å²) >= 11 is 0. The summed E-state index contributed by atoms with van der Waals surface area (Å²) in [6, 6.07) is 6.39. The first kappa shape index (κ1) is 13.8. The zero-order valence-electron chi connectivity index (χ0n) is 10.4. The molecule has 1 unspecified atom stereocenters. The Morgan fingerprint density at radius 1 is 1.29 bits per heavy atom. The first-order chi connectivity index (χ1) is 8.02. The van der Waals surface area contributed by atoms with Gasteiger partial charge >= 0.3 is 0 Å². The average molecular weight is 237 g/mol. The highest BCUT2D eigenvalue weighted by Crippen LogP contribution is 2.27. The molecule has 0 saturated heterocycles. The van der Waals surface area contributed by atoms with Crippen LogP contribution in [0.1, 0.15) is 38.2 Å². The quantitative estimate of drug-likeness (QED) is 0.826. The van der Waals surface area contributed by atoms with E-state index in [1.54, 1.807) is 12.1 Å². The van der Waals surface area contributed by atoms with E-state index in [2.05, 4.69) is 13.8 Å². The van der Waals surface area contributed by atoms with Crippen molar-refractivity contribution in [3.63, 3.8) is 0 Å². The van der Waals surface area contributed by atoms with Gasteiger partial charge in [0.2, 0.25) is 0 Å². The molecular formula is C14H20FNO. The van der Waals surface area contributed by atoms with Crippen molar-refractivity contribution in [3.8, 4) is 0 Å². The standard InChI is InChI=1S/C14H20FNO/c1-10(2)7-12(8-14(17)9-16)11-3-5-13(15)6-4-11/h3-6,10,12H,7-9,16H2,1-2H3. The van der Waals surface area contributed by atoms with Crippen LogP contribution in [-0.2, 0) is 4.79 Å². The Kier molecular flexibility index (Phi) is 5.29. The molecule has 1 aromatic carbocycles. The monoisotopic (exact) mass is 237 g/mol. The van der Waals surface area contributed by atoms with Gasteiger partial charge in [-0.05, 0) is 36.0 Å². The van der Waals surface area contributed by atoms with Crippen molar-refractivity contribution >= 4 is 5.78 Å². The number of carbonyl (C=O) groups excluding carboxylic acids is 1. The van der Waals surface area contributed by atoms with Crippen LogP contribution < -0.4 is 5.73 Å². The molecule has 1 rings (SSSR count). The lowest BCUT2D eigenvalue weighted by molar-refractivity contribution is -0.118. The van der Waals surface area contributed by atoms with Gasteiger partial charge in [0.1, 0.15) is 11.6 Å². The molecule has 0 aliphatic heterocycles. The van der Waals surface area contributed by atoms with Crippen LogP contribution >= 0.6 is 0 Å². The number of benzene rings is 1. The zero-order valence-corrected chi connectivity index (χ0v) is 10.4. The number of hydrogen-bond donors (Lipinski definition) is 1. The summed E-state index contributed by atoms with van der Waals surface area (Å²) in [5.41, 5.74) is 6.36. The van der Waals surface area contributed by atoms with Crippen molar-refractivity contribution < 1.29 is 9.18 Å². The lowest BCUT2D eigenvalue weighted by Crippen LogP contribution is -2.17. The van der Waals surface area contributed by atoms with Crippen LogP contribution in [-0.4, -0.2) is 12.3 Å². The van der Waals surface area contributed by atoms with E-state index in [0.717, 1.165) is 12.0 Å². The molecule has 0 bridgehead atoms. The van der Waals surface area contributed by atoms with E-state index in [1.807, 2.05) is 0 Å². The highest BCUT2D eigenvalue weighted by molar-refractivity contribution is 5.81. The number of halogens is 1. The van der Waals surface area contributed by atoms with Crippen LogP contribution in [0.2, 0.25) is 0 Å². The molecule has 0 aromatic heterocycles. The highest BCUT2D eigenvalue weighted by atomic mass is 19.1. The molecular weight excluding hydrogens is 217 g/mol. The summed E-state index contributed by atoms with van der Waals surface area (Å²) in [5, 5.41) is 0. The Morgan fingerprint density at radius 2 is 1.88 bits per heavy atom. The molecule has 0 amide bonds. The fraction of sp³-hybridized carbons (Fsp3) is 0.500. The number of Topliss-reactive ketones (excluding diaryl/α,β-unsaturated/α-hetero) is 1. The van der Waals surface area contributed by atoms with Gasteiger partial charge in [0.05, 0.1) is 6.54 Å². The molecule has 0 aliphatic rings. The minimum Gasteiger partial charge on any atom is -0.324 e. The summed E-state index contributed by atoms with van der Waals surface area (Å²) < 4.78 is 12.9. The second-order valence-corrected chi connectivity index (χ2v) is 4.82. The second kappa shape index (κ2) is 6.50. The van der Waals surface area contributed by atoms with Crippen LogP contribution in [0.3, 0.4) is 0 Å². The lowest BCUT2D eigenvalue weighted by Gasteiger charge is -2.18. The topological polar surface area (TPSA) is 43.1 Å². The molecule has 3 heteroatoms. The summed E-state index contributed by atoms with van der Waals surface area (Å²) in [5.74, 6) is 0.449. The smallest absolute Gasteiger partial charge is 0.147 e. The predicted molar refractivity (Wildman–Crippen MR) is 67.3 cm³/mol. The molecule has 0 radical (unpaired) electrons. The van der Waals surface area contributed by atoms with Crippen molar-refractivity contribution in [1.82, 2.24) is 0 Å². The molecule has 1 atom stereocenters. The molecule has 1 aromatic rings. The molecule has 17 heavy (non-hydrogen) atoms. The van der Waals surface area contributed by atoms with E-state index >= 15 is 0 Å². The molecule has 0 spiro atoms. The minimum atomic E-state index is -0.248. The first-order valence-corrected chi connectivity index (χ1v) is 6.00. The average Bonchev–Trinajstić information content (AvgIpc) is 2.28. The van der Waals surface area contributed by atoms with Gasteiger partial charge in [-0.3, -0.25) is 4.79 Å². The normalized spacial score (nSPS) is 12.8. The van der Waals surface area contributed by atoms with Crippen LogP contribution in [0, 0.1) is 11.7 Å². The van der Waals surface area contributed by atoms with E-state index < -0.39 is 0 Å². The van der Waals surface area contributed by atoms with E-state index in [1.165, 1.54) is 12.1 Å². The van der Waals surface area contributed by atoms with Crippen molar-refractivity contribution in [1.29, 1.82) is 0 Å². The van der Waals surface area contributed by atoms with Crippen molar-refractivity contribution in [2.45, 2.75) is 32.6 Å². The maximum Gasteiger partial charge on any atom is 0.147 e. The highest BCUT2D eigenvalue weighted by Gasteiger charge is 2.16. The van der Waals surface area contributed by atoms with Gasteiger partial charge in [-0.2, -0.15) is 0 Å². The van der Waals surface area contributed by atoms with Gasteiger partial charge in [-0.1, -0.05) is 26.0 Å². The largest absolute Gasteiger partial charge is 0.324 e. The number of ketones is 1. The van der Waals surface area contributed by atoms with Gasteiger partial charge < -0.3 is 5.73 Å². The van der Waals surface area contributed by atoms with Gasteiger partial charge in [-0.25, -0.2) is 4.39 Å². The Morgan fingerprint density at radius 3 is 2.35 bits per heavy atom. The number of hydrogen-bond acceptors (Lipinski definition) is 2. The number of rotatable bonds is 6. The van der Waals surface area contributed by atoms with Gasteiger partial charge in [0, 0.05) is 6.42 Å². The summed E-state index contributed by atoms with van der Waals surface area (Å²) in [7, 11) is 0. The number of nitrogens with two attached hydrogens (primary N) is 1. The Balaban J connectivity index is 2.81. The Labute approximate surface area is 102 Å². The second-order valence-electron chi connectivity index (χ2n) is 4.82. The number of carbonyl (C=O) groups is 1. The van der Waals surface area contributed by atoms with Crippen molar-refractivity contribution in [2.75, 3.05) is 6.54 Å². The van der Waals surface area contributed by atoms with Gasteiger partial charge in [-0.15, -0.1) is 0 Å². The maximum absolute atomic E-state index is 12.9.